The number of anilines is 1. The average Bonchev–Trinajstić information content (AvgIpc) is 2.57. The van der Waals surface area contributed by atoms with Crippen LogP contribution in [0.5, 0.6) is 11.6 Å². The highest BCUT2D eigenvalue weighted by Crippen LogP contribution is 2.23. The molecule has 3 aromatic rings. The lowest BCUT2D eigenvalue weighted by Crippen LogP contribution is -2.14. The summed E-state index contributed by atoms with van der Waals surface area (Å²) in [5.74, 6) is -1.62. The number of benzene rings is 2. The predicted molar refractivity (Wildman–Crippen MR) is 90.1 cm³/mol. The minimum absolute atomic E-state index is 0.0169. The summed E-state index contributed by atoms with van der Waals surface area (Å²) in [6, 6.07) is 14.1. The van der Waals surface area contributed by atoms with Crippen LogP contribution < -0.4 is 10.1 Å². The zero-order chi connectivity index (χ0) is 17.8. The fraction of sp³-hybridized carbons (Fsp3) is 0. The van der Waals surface area contributed by atoms with Crippen LogP contribution in [0.4, 0.5) is 14.5 Å². The van der Waals surface area contributed by atoms with Crippen molar-refractivity contribution >= 4 is 23.2 Å². The normalized spacial score (nSPS) is 10.4. The van der Waals surface area contributed by atoms with Crippen molar-refractivity contribution in [1.82, 2.24) is 4.98 Å². The maximum atomic E-state index is 13.6. The molecule has 1 N–H and O–H groups in total. The smallest absolute Gasteiger partial charge is 0.274 e. The third-order valence-corrected chi connectivity index (χ3v) is 3.39. The first-order valence-electron chi connectivity index (χ1n) is 7.18. The number of pyridine rings is 1. The molecule has 0 bridgehead atoms. The molecule has 126 valence electrons. The number of hydrogen-bond acceptors (Lipinski definition) is 3. The van der Waals surface area contributed by atoms with Crippen molar-refractivity contribution < 1.29 is 18.3 Å². The Morgan fingerprint density at radius 2 is 1.84 bits per heavy atom. The topological polar surface area (TPSA) is 51.2 Å². The predicted octanol–water partition coefficient (Wildman–Crippen LogP) is 5.06. The van der Waals surface area contributed by atoms with Crippen LogP contribution in [0.2, 0.25) is 5.02 Å². The summed E-state index contributed by atoms with van der Waals surface area (Å²) in [4.78, 5) is 16.3. The molecular formula is C18H11ClF2N2O2. The Bertz CT molecular complexity index is 934. The molecule has 7 heteroatoms. The van der Waals surface area contributed by atoms with Gasteiger partial charge in [-0.2, -0.15) is 0 Å². The van der Waals surface area contributed by atoms with Gasteiger partial charge in [0.25, 0.3) is 5.91 Å². The van der Waals surface area contributed by atoms with E-state index in [-0.39, 0.29) is 17.3 Å². The maximum Gasteiger partial charge on any atom is 0.274 e. The Morgan fingerprint density at radius 3 is 2.60 bits per heavy atom. The number of amides is 1. The third kappa shape index (κ3) is 4.30. The summed E-state index contributed by atoms with van der Waals surface area (Å²) in [7, 11) is 0. The Balaban J connectivity index is 1.77. The maximum absolute atomic E-state index is 13.6. The standard InChI is InChI=1S/C18H11ClF2N2O2/c19-11-3-1-4-13(9-11)25-17-6-2-5-16(22-17)18(24)23-15-8-7-12(20)10-14(15)21/h1-10H,(H,23,24). The molecule has 0 fully saturated rings. The zero-order valence-corrected chi connectivity index (χ0v) is 13.4. The molecule has 1 amide bonds. The number of rotatable bonds is 4. The van der Waals surface area contributed by atoms with Gasteiger partial charge in [-0.25, -0.2) is 13.8 Å². The molecule has 0 aliphatic heterocycles. The van der Waals surface area contributed by atoms with Gasteiger partial charge in [0, 0.05) is 17.2 Å². The van der Waals surface area contributed by atoms with Crippen molar-refractivity contribution in [2.75, 3.05) is 5.32 Å². The van der Waals surface area contributed by atoms with Gasteiger partial charge in [0.15, 0.2) is 0 Å². The molecule has 0 radical (unpaired) electrons. The molecule has 1 aromatic heterocycles. The number of hydrogen-bond donors (Lipinski definition) is 1. The lowest BCUT2D eigenvalue weighted by molar-refractivity contribution is 0.102. The summed E-state index contributed by atoms with van der Waals surface area (Å²) in [5, 5.41) is 2.83. The van der Waals surface area contributed by atoms with Gasteiger partial charge in [-0.3, -0.25) is 4.79 Å². The number of nitrogens with one attached hydrogen (secondary N) is 1. The van der Waals surface area contributed by atoms with Crippen LogP contribution in [0.3, 0.4) is 0 Å². The van der Waals surface area contributed by atoms with Gasteiger partial charge in [-0.1, -0.05) is 23.7 Å². The highest BCUT2D eigenvalue weighted by Gasteiger charge is 2.12. The average molecular weight is 361 g/mol. The van der Waals surface area contributed by atoms with E-state index in [1.54, 1.807) is 36.4 Å². The van der Waals surface area contributed by atoms with Crippen LogP contribution in [-0.4, -0.2) is 10.9 Å². The highest BCUT2D eigenvalue weighted by molar-refractivity contribution is 6.30. The minimum Gasteiger partial charge on any atom is -0.439 e. The summed E-state index contributed by atoms with van der Waals surface area (Å²) < 4.78 is 32.1. The number of halogens is 3. The van der Waals surface area contributed by atoms with E-state index in [1.165, 1.54) is 6.07 Å². The van der Waals surface area contributed by atoms with Gasteiger partial charge < -0.3 is 10.1 Å². The van der Waals surface area contributed by atoms with Crippen molar-refractivity contribution in [2.45, 2.75) is 0 Å². The molecule has 0 aliphatic carbocycles. The van der Waals surface area contributed by atoms with E-state index in [4.69, 9.17) is 16.3 Å². The minimum atomic E-state index is -0.875. The Hall–Kier alpha value is -2.99. The van der Waals surface area contributed by atoms with Gasteiger partial charge in [0.1, 0.15) is 23.1 Å². The van der Waals surface area contributed by atoms with Crippen molar-refractivity contribution in [3.63, 3.8) is 0 Å². The van der Waals surface area contributed by atoms with E-state index < -0.39 is 17.5 Å². The lowest BCUT2D eigenvalue weighted by atomic mass is 10.2. The van der Waals surface area contributed by atoms with E-state index in [2.05, 4.69) is 10.3 Å². The van der Waals surface area contributed by atoms with E-state index in [0.717, 1.165) is 12.1 Å². The Kier molecular flexibility index (Phi) is 4.90. The zero-order valence-electron chi connectivity index (χ0n) is 12.7. The number of aromatic nitrogens is 1. The number of carbonyl (C=O) groups is 1. The molecular weight excluding hydrogens is 350 g/mol. The molecule has 25 heavy (non-hydrogen) atoms. The second-order valence-electron chi connectivity index (χ2n) is 5.00. The first kappa shape index (κ1) is 16.9. The van der Waals surface area contributed by atoms with Crippen LogP contribution in [-0.2, 0) is 0 Å². The fourth-order valence-electron chi connectivity index (χ4n) is 2.03. The fourth-order valence-corrected chi connectivity index (χ4v) is 2.21. The summed E-state index contributed by atoms with van der Waals surface area (Å²) >= 11 is 5.88. The monoisotopic (exact) mass is 360 g/mol. The summed E-state index contributed by atoms with van der Waals surface area (Å²) in [6.07, 6.45) is 0. The number of carbonyl (C=O) groups excluding carboxylic acids is 1. The molecule has 0 saturated heterocycles. The van der Waals surface area contributed by atoms with Crippen molar-refractivity contribution in [3.05, 3.63) is 83.0 Å². The third-order valence-electron chi connectivity index (χ3n) is 3.15. The summed E-state index contributed by atoms with van der Waals surface area (Å²) in [5.41, 5.74) is -0.127. The van der Waals surface area contributed by atoms with Crippen LogP contribution in [0, 0.1) is 11.6 Å². The lowest BCUT2D eigenvalue weighted by Gasteiger charge is -2.08. The molecule has 0 saturated carbocycles. The second-order valence-corrected chi connectivity index (χ2v) is 5.44. The molecule has 1 heterocycles. The highest BCUT2D eigenvalue weighted by atomic mass is 35.5. The van der Waals surface area contributed by atoms with Crippen LogP contribution >= 0.6 is 11.6 Å². The molecule has 2 aromatic carbocycles. The van der Waals surface area contributed by atoms with Gasteiger partial charge in [-0.15, -0.1) is 0 Å². The van der Waals surface area contributed by atoms with Gasteiger partial charge in [-0.05, 0) is 36.4 Å². The molecule has 0 unspecified atom stereocenters. The van der Waals surface area contributed by atoms with Crippen molar-refractivity contribution in [1.29, 1.82) is 0 Å². The molecule has 0 atom stereocenters. The van der Waals surface area contributed by atoms with E-state index >= 15 is 0 Å². The van der Waals surface area contributed by atoms with E-state index in [1.807, 2.05) is 0 Å². The SMILES string of the molecule is O=C(Nc1ccc(F)cc1F)c1cccc(Oc2cccc(Cl)c2)n1. The number of nitrogens with zero attached hydrogens (tertiary/aromatic N) is 1. The quantitative estimate of drug-likeness (QED) is 0.707. The summed E-state index contributed by atoms with van der Waals surface area (Å²) in [6.45, 7) is 0. The van der Waals surface area contributed by atoms with Gasteiger partial charge in [0.2, 0.25) is 5.88 Å². The molecule has 0 spiro atoms. The Labute approximate surface area is 147 Å². The first-order chi connectivity index (χ1) is 12.0. The van der Waals surface area contributed by atoms with Crippen molar-refractivity contribution in [3.8, 4) is 11.6 Å². The van der Waals surface area contributed by atoms with Crippen LogP contribution in [0.1, 0.15) is 10.5 Å². The molecule has 0 aliphatic rings. The Morgan fingerprint density at radius 1 is 1.04 bits per heavy atom. The second kappa shape index (κ2) is 7.27. The number of ether oxygens (including phenoxy) is 1. The van der Waals surface area contributed by atoms with Crippen LogP contribution in [0.15, 0.2) is 60.7 Å². The van der Waals surface area contributed by atoms with E-state index in [9.17, 15) is 13.6 Å². The van der Waals surface area contributed by atoms with Crippen molar-refractivity contribution in [2.24, 2.45) is 0 Å². The van der Waals surface area contributed by atoms with Gasteiger partial charge >= 0.3 is 0 Å². The molecule has 4 nitrogen and oxygen atoms in total. The first-order valence-corrected chi connectivity index (χ1v) is 7.56. The largest absolute Gasteiger partial charge is 0.439 e. The van der Waals surface area contributed by atoms with E-state index in [0.29, 0.717) is 16.8 Å². The van der Waals surface area contributed by atoms with Crippen LogP contribution in [0.25, 0.3) is 0 Å². The van der Waals surface area contributed by atoms with Gasteiger partial charge in [0.05, 0.1) is 5.69 Å². The molecule has 3 rings (SSSR count).